The molecule has 0 heterocycles. The van der Waals surface area contributed by atoms with Gasteiger partial charge in [0.2, 0.25) is 0 Å². The van der Waals surface area contributed by atoms with Crippen LogP contribution in [-0.2, 0) is 6.54 Å². The van der Waals surface area contributed by atoms with Gasteiger partial charge in [0.15, 0.2) is 0 Å². The zero-order valence-corrected chi connectivity index (χ0v) is 14.0. The first-order valence-electron chi connectivity index (χ1n) is 6.18. The summed E-state index contributed by atoms with van der Waals surface area (Å²) in [6.07, 6.45) is -2.79. The van der Waals surface area contributed by atoms with Gasteiger partial charge in [0.05, 0.1) is 11.1 Å². The van der Waals surface area contributed by atoms with Crippen LogP contribution in [0.1, 0.15) is 12.5 Å². The van der Waals surface area contributed by atoms with Crippen molar-refractivity contribution < 1.29 is 23.0 Å². The average Bonchev–Trinajstić information content (AvgIpc) is 2.39. The second-order valence-corrected chi connectivity index (χ2v) is 6.37. The highest BCUT2D eigenvalue weighted by Gasteiger charge is 2.31. The van der Waals surface area contributed by atoms with E-state index >= 15 is 0 Å². The average molecular weight is 388 g/mol. The molecule has 2 N–H and O–H groups in total. The van der Waals surface area contributed by atoms with Crippen LogP contribution in [0, 0.1) is 0 Å². The van der Waals surface area contributed by atoms with E-state index in [0.29, 0.717) is 6.54 Å². The summed E-state index contributed by atoms with van der Waals surface area (Å²) in [7, 11) is 0. The van der Waals surface area contributed by atoms with Gasteiger partial charge >= 0.3 is 6.36 Å². The quantitative estimate of drug-likeness (QED) is 0.750. The molecule has 0 saturated carbocycles. The lowest BCUT2D eigenvalue weighted by atomic mass is 10.2. The number of thioether (sulfide) groups is 1. The fraction of sp³-hybridized carbons (Fsp3) is 0.538. The van der Waals surface area contributed by atoms with E-state index in [1.165, 1.54) is 6.07 Å². The molecule has 0 radical (unpaired) electrons. The molecule has 8 heteroatoms. The topological polar surface area (TPSA) is 41.5 Å². The van der Waals surface area contributed by atoms with Gasteiger partial charge in [-0.05, 0) is 46.8 Å². The van der Waals surface area contributed by atoms with Crippen molar-refractivity contribution in [2.75, 3.05) is 12.9 Å². The fourth-order valence-corrected chi connectivity index (χ4v) is 2.87. The van der Waals surface area contributed by atoms with Gasteiger partial charge in [-0.25, -0.2) is 0 Å². The Labute approximate surface area is 134 Å². The van der Waals surface area contributed by atoms with Crippen LogP contribution in [0.25, 0.3) is 0 Å². The summed E-state index contributed by atoms with van der Waals surface area (Å²) in [5.74, 6) is -0.267. The summed E-state index contributed by atoms with van der Waals surface area (Å²) >= 11 is 4.62. The maximum atomic E-state index is 12.2. The predicted octanol–water partition coefficient (Wildman–Crippen LogP) is 3.55. The molecule has 21 heavy (non-hydrogen) atoms. The van der Waals surface area contributed by atoms with Crippen molar-refractivity contribution >= 4 is 27.7 Å². The van der Waals surface area contributed by atoms with Crippen LogP contribution >= 0.6 is 27.7 Å². The molecule has 1 aromatic rings. The highest BCUT2D eigenvalue weighted by molar-refractivity contribution is 9.10. The minimum absolute atomic E-state index is 0.0669. The van der Waals surface area contributed by atoms with Crippen molar-refractivity contribution in [1.82, 2.24) is 5.32 Å². The summed E-state index contributed by atoms with van der Waals surface area (Å²) in [6, 6.07) is 4.50. The molecule has 0 saturated heterocycles. The number of aliphatic hydroxyl groups excluding tert-OH is 1. The second-order valence-electron chi connectivity index (χ2n) is 4.44. The number of rotatable bonds is 7. The van der Waals surface area contributed by atoms with Crippen LogP contribution in [-0.4, -0.2) is 35.6 Å². The van der Waals surface area contributed by atoms with Crippen molar-refractivity contribution in [3.8, 4) is 5.75 Å². The number of halogens is 4. The van der Waals surface area contributed by atoms with Crippen LogP contribution in [0.5, 0.6) is 5.75 Å². The van der Waals surface area contributed by atoms with Crippen LogP contribution in [0.15, 0.2) is 22.7 Å². The van der Waals surface area contributed by atoms with Crippen LogP contribution in [0.3, 0.4) is 0 Å². The molecule has 0 amide bonds. The number of ether oxygens (including phenoxy) is 1. The summed E-state index contributed by atoms with van der Waals surface area (Å²) in [5.41, 5.74) is 0.820. The number of benzene rings is 1. The van der Waals surface area contributed by atoms with Gasteiger partial charge in [-0.2, -0.15) is 11.8 Å². The highest BCUT2D eigenvalue weighted by atomic mass is 79.9. The van der Waals surface area contributed by atoms with Crippen molar-refractivity contribution in [2.24, 2.45) is 0 Å². The maximum absolute atomic E-state index is 12.2. The van der Waals surface area contributed by atoms with E-state index in [1.54, 1.807) is 23.9 Å². The Morgan fingerprint density at radius 2 is 2.10 bits per heavy atom. The van der Waals surface area contributed by atoms with E-state index in [4.69, 9.17) is 0 Å². The molecule has 0 aliphatic heterocycles. The standard InChI is InChI=1S/C13H17BrF3NO2S/c1-8(12(7-19)21-2)18-6-9-3-4-11(10(14)5-9)20-13(15,16)17/h3-5,8,12,18-19H,6-7H2,1-2H3. The van der Waals surface area contributed by atoms with Gasteiger partial charge in [-0.3, -0.25) is 0 Å². The Balaban J connectivity index is 2.64. The fourth-order valence-electron chi connectivity index (χ4n) is 1.71. The Bertz CT molecular complexity index is 456. The molecule has 1 aromatic carbocycles. The van der Waals surface area contributed by atoms with E-state index < -0.39 is 6.36 Å². The first kappa shape index (κ1) is 18.6. The SMILES string of the molecule is CSC(CO)C(C)NCc1ccc(OC(F)(F)F)c(Br)c1. The lowest BCUT2D eigenvalue weighted by Gasteiger charge is -2.21. The third kappa shape index (κ3) is 6.46. The molecule has 2 unspecified atom stereocenters. The molecule has 0 aliphatic carbocycles. The molecule has 2 atom stereocenters. The summed E-state index contributed by atoms with van der Waals surface area (Å²) in [5, 5.41) is 12.5. The molecule has 0 bridgehead atoms. The van der Waals surface area contributed by atoms with Gasteiger partial charge in [0, 0.05) is 17.8 Å². The predicted molar refractivity (Wildman–Crippen MR) is 81.5 cm³/mol. The van der Waals surface area contributed by atoms with Gasteiger partial charge in [0.25, 0.3) is 0 Å². The van der Waals surface area contributed by atoms with Gasteiger partial charge in [0.1, 0.15) is 5.75 Å². The van der Waals surface area contributed by atoms with Crippen molar-refractivity contribution in [2.45, 2.75) is 31.1 Å². The highest BCUT2D eigenvalue weighted by Crippen LogP contribution is 2.31. The lowest BCUT2D eigenvalue weighted by molar-refractivity contribution is -0.274. The van der Waals surface area contributed by atoms with Crippen molar-refractivity contribution in [3.63, 3.8) is 0 Å². The molecule has 120 valence electrons. The second kappa shape index (κ2) is 8.26. The Hall–Kier alpha value is -0.440. The minimum atomic E-state index is -4.70. The third-order valence-electron chi connectivity index (χ3n) is 2.89. The number of nitrogens with one attached hydrogen (secondary N) is 1. The Morgan fingerprint density at radius 1 is 1.43 bits per heavy atom. The molecular weight excluding hydrogens is 371 g/mol. The zero-order valence-electron chi connectivity index (χ0n) is 11.6. The molecule has 0 spiro atoms. The van der Waals surface area contributed by atoms with E-state index in [-0.39, 0.29) is 28.1 Å². The number of alkyl halides is 3. The Morgan fingerprint density at radius 3 is 2.57 bits per heavy atom. The molecule has 1 rings (SSSR count). The molecular formula is C13H17BrF3NO2S. The largest absolute Gasteiger partial charge is 0.573 e. The zero-order chi connectivity index (χ0) is 16.0. The number of hydrogen-bond acceptors (Lipinski definition) is 4. The third-order valence-corrected chi connectivity index (χ3v) is 4.67. The summed E-state index contributed by atoms with van der Waals surface area (Å²) in [4.78, 5) is 0. The Kier molecular flexibility index (Phi) is 7.32. The van der Waals surface area contributed by atoms with E-state index in [1.807, 2.05) is 13.2 Å². The first-order chi connectivity index (χ1) is 9.76. The summed E-state index contributed by atoms with van der Waals surface area (Å²) < 4.78 is 40.6. The normalized spacial score (nSPS) is 14.8. The van der Waals surface area contributed by atoms with Crippen LogP contribution in [0.4, 0.5) is 13.2 Å². The number of aliphatic hydroxyl groups is 1. The van der Waals surface area contributed by atoms with E-state index in [0.717, 1.165) is 5.56 Å². The minimum Gasteiger partial charge on any atom is -0.405 e. The van der Waals surface area contributed by atoms with Gasteiger partial charge in [-0.1, -0.05) is 6.07 Å². The lowest BCUT2D eigenvalue weighted by Crippen LogP contribution is -2.37. The maximum Gasteiger partial charge on any atom is 0.573 e. The van der Waals surface area contributed by atoms with Crippen molar-refractivity contribution in [3.05, 3.63) is 28.2 Å². The number of hydrogen-bond donors (Lipinski definition) is 2. The molecule has 0 aromatic heterocycles. The first-order valence-corrected chi connectivity index (χ1v) is 8.26. The van der Waals surface area contributed by atoms with Crippen LogP contribution in [0.2, 0.25) is 0 Å². The molecule has 0 aliphatic rings. The van der Waals surface area contributed by atoms with Gasteiger partial charge in [-0.15, -0.1) is 13.2 Å². The van der Waals surface area contributed by atoms with Crippen LogP contribution < -0.4 is 10.1 Å². The van der Waals surface area contributed by atoms with E-state index in [9.17, 15) is 18.3 Å². The smallest absolute Gasteiger partial charge is 0.405 e. The molecule has 0 fully saturated rings. The van der Waals surface area contributed by atoms with E-state index in [2.05, 4.69) is 26.0 Å². The summed E-state index contributed by atoms with van der Waals surface area (Å²) in [6.45, 7) is 2.51. The van der Waals surface area contributed by atoms with Gasteiger partial charge < -0.3 is 15.2 Å². The molecule has 3 nitrogen and oxygen atoms in total. The monoisotopic (exact) mass is 387 g/mol. The van der Waals surface area contributed by atoms with Crippen molar-refractivity contribution in [1.29, 1.82) is 0 Å².